The van der Waals surface area contributed by atoms with Crippen LogP contribution in [0.15, 0.2) is 48.8 Å². The molecule has 2 saturated carbocycles. The summed E-state index contributed by atoms with van der Waals surface area (Å²) in [5.74, 6) is 3.52. The van der Waals surface area contributed by atoms with Crippen LogP contribution in [0.2, 0.25) is 0 Å². The molecule has 36 heavy (non-hydrogen) atoms. The molecule has 0 saturated heterocycles. The first-order valence-electron chi connectivity index (χ1n) is 14.2. The Balaban J connectivity index is 1.47. The highest BCUT2D eigenvalue weighted by atomic mass is 16.5. The number of ether oxygens (including phenoxy) is 1. The van der Waals surface area contributed by atoms with E-state index in [4.69, 9.17) is 4.74 Å². The van der Waals surface area contributed by atoms with E-state index in [1.807, 2.05) is 30.4 Å². The molecule has 1 aromatic rings. The van der Waals surface area contributed by atoms with Crippen LogP contribution in [0.3, 0.4) is 0 Å². The van der Waals surface area contributed by atoms with E-state index in [9.17, 15) is 4.79 Å². The summed E-state index contributed by atoms with van der Waals surface area (Å²) in [5, 5.41) is 0. The minimum absolute atomic E-state index is 0.106. The number of nitrogens with zero attached hydrogens (tertiary/aromatic N) is 2. The number of pyridine rings is 1. The summed E-state index contributed by atoms with van der Waals surface area (Å²) < 4.78 is 5.93. The van der Waals surface area contributed by atoms with Crippen molar-refractivity contribution in [2.75, 3.05) is 20.2 Å². The van der Waals surface area contributed by atoms with Gasteiger partial charge >= 0.3 is 0 Å². The Morgan fingerprint density at radius 2 is 2.06 bits per heavy atom. The maximum Gasteiger partial charge on any atom is 0.246 e. The van der Waals surface area contributed by atoms with Gasteiger partial charge in [0.15, 0.2) is 0 Å². The Morgan fingerprint density at radius 3 is 2.83 bits per heavy atom. The van der Waals surface area contributed by atoms with Crippen LogP contribution in [-0.2, 0) is 4.79 Å². The maximum atomic E-state index is 12.9. The van der Waals surface area contributed by atoms with Crippen molar-refractivity contribution in [2.24, 2.45) is 34.5 Å². The maximum absolute atomic E-state index is 12.9. The molecule has 4 aliphatic rings. The molecule has 1 aromatic heterocycles. The highest BCUT2D eigenvalue weighted by Crippen LogP contribution is 2.67. The van der Waals surface area contributed by atoms with E-state index in [2.05, 4.69) is 50.6 Å². The van der Waals surface area contributed by atoms with Crippen molar-refractivity contribution >= 4 is 11.5 Å². The first-order chi connectivity index (χ1) is 17.3. The quantitative estimate of drug-likeness (QED) is 0.385. The van der Waals surface area contributed by atoms with Crippen molar-refractivity contribution in [1.82, 2.24) is 9.88 Å². The molecule has 0 N–H and O–H groups in total. The molecule has 4 heteroatoms. The number of fused-ring (bicyclic) bond motifs is 5. The molecule has 0 aromatic carbocycles. The van der Waals surface area contributed by atoms with Gasteiger partial charge in [-0.1, -0.05) is 38.5 Å². The molecule has 1 amide bonds. The number of hydrogen-bond acceptors (Lipinski definition) is 3. The fraction of sp³-hybridized carbons (Fsp3) is 0.625. The smallest absolute Gasteiger partial charge is 0.246 e. The number of carbonyl (C=O) groups excluding carboxylic acids is 1. The van der Waals surface area contributed by atoms with Gasteiger partial charge in [0.1, 0.15) is 5.75 Å². The lowest BCUT2D eigenvalue weighted by atomic mass is 9.45. The molecule has 0 radical (unpaired) electrons. The molecular weight excluding hydrogens is 444 g/mol. The molecule has 2 heterocycles. The SMILES string of the molecule is C=CCCC1CC2C3CC=C(c4cncc(OCCC)c4)C3(C)CCC2C2(C)CCN(C)C(=O)C=C12. The fourth-order valence-corrected chi connectivity index (χ4v) is 8.38. The zero-order valence-corrected chi connectivity index (χ0v) is 22.8. The summed E-state index contributed by atoms with van der Waals surface area (Å²) in [6, 6.07) is 2.21. The summed E-state index contributed by atoms with van der Waals surface area (Å²) in [5.41, 5.74) is 4.43. The standard InChI is InChI=1S/C32H44N2O2/c1-6-8-9-22-18-25-27-11-10-26(23-17-24(21-33-20-23)36-16-7-2)31(27,3)13-12-28(25)32(4)14-15-34(5)30(35)19-29(22)32/h6,10,17,19-22,25,27-28H,1,7-9,11-16,18H2,2-5H3. The van der Waals surface area contributed by atoms with Crippen molar-refractivity contribution in [3.05, 3.63) is 54.4 Å². The van der Waals surface area contributed by atoms with E-state index in [1.54, 1.807) is 0 Å². The monoisotopic (exact) mass is 488 g/mol. The largest absolute Gasteiger partial charge is 0.492 e. The predicted octanol–water partition coefficient (Wildman–Crippen LogP) is 7.09. The molecule has 2 fully saturated rings. The van der Waals surface area contributed by atoms with Crippen LogP contribution in [-0.4, -0.2) is 36.0 Å². The van der Waals surface area contributed by atoms with E-state index in [0.717, 1.165) is 51.0 Å². The molecule has 5 rings (SSSR count). The summed E-state index contributed by atoms with van der Waals surface area (Å²) in [6.07, 6.45) is 19.5. The van der Waals surface area contributed by atoms with Gasteiger partial charge in [-0.05, 0) is 103 Å². The third kappa shape index (κ3) is 4.15. The highest BCUT2D eigenvalue weighted by Gasteiger charge is 2.58. The molecule has 0 spiro atoms. The Morgan fingerprint density at radius 1 is 1.22 bits per heavy atom. The fourth-order valence-electron chi connectivity index (χ4n) is 8.38. The van der Waals surface area contributed by atoms with Gasteiger partial charge < -0.3 is 9.64 Å². The summed E-state index contributed by atoms with van der Waals surface area (Å²) >= 11 is 0. The Labute approximate surface area is 217 Å². The molecular formula is C32H44N2O2. The average Bonchev–Trinajstić information content (AvgIpc) is 3.18. The number of amides is 1. The Bertz CT molecular complexity index is 1070. The van der Waals surface area contributed by atoms with Crippen molar-refractivity contribution in [1.29, 1.82) is 0 Å². The van der Waals surface area contributed by atoms with Gasteiger partial charge in [-0.3, -0.25) is 9.78 Å². The molecule has 194 valence electrons. The van der Waals surface area contributed by atoms with E-state index in [-0.39, 0.29) is 16.7 Å². The van der Waals surface area contributed by atoms with Crippen molar-refractivity contribution in [3.63, 3.8) is 0 Å². The Kier molecular flexibility index (Phi) is 6.91. The van der Waals surface area contributed by atoms with Crippen LogP contribution < -0.4 is 4.74 Å². The van der Waals surface area contributed by atoms with E-state index in [0.29, 0.717) is 23.7 Å². The first-order valence-corrected chi connectivity index (χ1v) is 14.2. The number of carbonyl (C=O) groups is 1. The zero-order valence-electron chi connectivity index (χ0n) is 22.8. The van der Waals surface area contributed by atoms with Gasteiger partial charge in [-0.2, -0.15) is 0 Å². The second kappa shape index (κ2) is 9.84. The molecule has 0 bridgehead atoms. The van der Waals surface area contributed by atoms with Crippen LogP contribution >= 0.6 is 0 Å². The van der Waals surface area contributed by atoms with Gasteiger partial charge in [-0.25, -0.2) is 0 Å². The van der Waals surface area contributed by atoms with Crippen molar-refractivity contribution in [2.45, 2.75) is 72.1 Å². The van der Waals surface area contributed by atoms with E-state index < -0.39 is 0 Å². The van der Waals surface area contributed by atoms with Crippen LogP contribution in [0, 0.1) is 34.5 Å². The lowest BCUT2D eigenvalue weighted by Gasteiger charge is -2.59. The van der Waals surface area contributed by atoms with Gasteiger partial charge in [0.2, 0.25) is 5.91 Å². The molecule has 1 aliphatic heterocycles. The van der Waals surface area contributed by atoms with Crippen LogP contribution in [0.5, 0.6) is 5.75 Å². The Hall–Kier alpha value is -2.36. The van der Waals surface area contributed by atoms with Gasteiger partial charge in [-0.15, -0.1) is 6.58 Å². The molecule has 4 nitrogen and oxygen atoms in total. The lowest BCUT2D eigenvalue weighted by Crippen LogP contribution is -2.51. The summed E-state index contributed by atoms with van der Waals surface area (Å²) in [6.45, 7) is 12.7. The van der Waals surface area contributed by atoms with E-state index >= 15 is 0 Å². The summed E-state index contributed by atoms with van der Waals surface area (Å²) in [4.78, 5) is 19.4. The minimum Gasteiger partial charge on any atom is -0.492 e. The third-order valence-electron chi connectivity index (χ3n) is 10.3. The average molecular weight is 489 g/mol. The molecule has 6 unspecified atom stereocenters. The van der Waals surface area contributed by atoms with Crippen LogP contribution in [0.25, 0.3) is 5.57 Å². The van der Waals surface area contributed by atoms with Crippen molar-refractivity contribution in [3.8, 4) is 5.75 Å². The zero-order chi connectivity index (χ0) is 25.5. The third-order valence-corrected chi connectivity index (χ3v) is 10.3. The van der Waals surface area contributed by atoms with Crippen LogP contribution in [0.1, 0.15) is 77.7 Å². The van der Waals surface area contributed by atoms with E-state index in [1.165, 1.54) is 36.0 Å². The highest BCUT2D eigenvalue weighted by molar-refractivity contribution is 5.89. The van der Waals surface area contributed by atoms with Gasteiger partial charge in [0.25, 0.3) is 0 Å². The normalized spacial score (nSPS) is 35.7. The first kappa shape index (κ1) is 25.3. The number of rotatable bonds is 7. The van der Waals surface area contributed by atoms with Crippen LogP contribution in [0.4, 0.5) is 0 Å². The molecule has 3 aliphatic carbocycles. The number of hydrogen-bond donors (Lipinski definition) is 0. The number of allylic oxidation sites excluding steroid dienone is 4. The number of likely N-dealkylation sites (N-methyl/N-ethyl adjacent to an activating group) is 1. The lowest BCUT2D eigenvalue weighted by molar-refractivity contribution is -0.124. The minimum atomic E-state index is 0.106. The van der Waals surface area contributed by atoms with Gasteiger partial charge in [0, 0.05) is 25.9 Å². The second-order valence-corrected chi connectivity index (χ2v) is 12.3. The van der Waals surface area contributed by atoms with Crippen molar-refractivity contribution < 1.29 is 9.53 Å². The van der Waals surface area contributed by atoms with Gasteiger partial charge in [0.05, 0.1) is 12.8 Å². The number of aromatic nitrogens is 1. The predicted molar refractivity (Wildman–Crippen MR) is 146 cm³/mol. The molecule has 6 atom stereocenters. The topological polar surface area (TPSA) is 42.4 Å². The second-order valence-electron chi connectivity index (χ2n) is 12.3. The summed E-state index contributed by atoms with van der Waals surface area (Å²) in [7, 11) is 1.97.